The highest BCUT2D eigenvalue weighted by Gasteiger charge is 2.21. The largest absolute Gasteiger partial charge is 0.623 e. The topological polar surface area (TPSA) is 107 Å². The van der Waals surface area contributed by atoms with E-state index < -0.39 is 15.7 Å². The predicted molar refractivity (Wildman–Crippen MR) is 120 cm³/mol. The van der Waals surface area contributed by atoms with Crippen molar-refractivity contribution in [3.8, 4) is 0 Å². The standard InChI is InChI=1S/C11H15NO4S.C11H15NO/c1-11(2,3)12(13)8-9-6-4-5-7-10(9)17(14,15)16;1-11(2,3)12(13)9-10-7-5-4-6-8-10/h4-8H,1-3H3,(H,14,15,16);4-9H,1-3H3. The first-order chi connectivity index (χ1) is 13.6. The first kappa shape index (κ1) is 25.3. The molecule has 0 amide bonds. The number of hydroxylamine groups is 2. The first-order valence-electron chi connectivity index (χ1n) is 9.36. The molecule has 2 aromatic carbocycles. The lowest BCUT2D eigenvalue weighted by molar-refractivity contribution is -0.530. The van der Waals surface area contributed by atoms with Crippen LogP contribution in [0.25, 0.3) is 0 Å². The lowest BCUT2D eigenvalue weighted by Crippen LogP contribution is -2.29. The van der Waals surface area contributed by atoms with E-state index in [0.717, 1.165) is 16.5 Å². The van der Waals surface area contributed by atoms with Gasteiger partial charge in [-0.25, -0.2) is 9.48 Å². The minimum absolute atomic E-state index is 0.167. The van der Waals surface area contributed by atoms with Gasteiger partial charge in [-0.05, 0) is 24.3 Å². The zero-order valence-corrected chi connectivity index (χ0v) is 19.1. The van der Waals surface area contributed by atoms with Gasteiger partial charge < -0.3 is 10.4 Å². The Balaban J connectivity index is 0.000000311. The Morgan fingerprint density at radius 1 is 0.767 bits per heavy atom. The molecule has 0 unspecified atom stereocenters. The number of hydrogen-bond acceptors (Lipinski definition) is 4. The molecule has 8 heteroatoms. The molecule has 2 rings (SSSR count). The van der Waals surface area contributed by atoms with Crippen LogP contribution in [-0.2, 0) is 10.1 Å². The highest BCUT2D eigenvalue weighted by molar-refractivity contribution is 7.86. The van der Waals surface area contributed by atoms with Crippen LogP contribution in [0.5, 0.6) is 0 Å². The second kappa shape index (κ2) is 9.86. The maximum absolute atomic E-state index is 11.7. The molecule has 30 heavy (non-hydrogen) atoms. The molecule has 0 aliphatic carbocycles. The van der Waals surface area contributed by atoms with Gasteiger partial charge in [0.15, 0.2) is 23.5 Å². The third kappa shape index (κ3) is 8.34. The summed E-state index contributed by atoms with van der Waals surface area (Å²) in [5.74, 6) is 0. The van der Waals surface area contributed by atoms with Crippen molar-refractivity contribution in [1.82, 2.24) is 0 Å². The number of benzene rings is 2. The molecule has 0 aliphatic heterocycles. The van der Waals surface area contributed by atoms with E-state index in [9.17, 15) is 18.8 Å². The Kier molecular flexibility index (Phi) is 8.33. The monoisotopic (exact) mass is 434 g/mol. The third-order valence-corrected chi connectivity index (χ3v) is 4.77. The van der Waals surface area contributed by atoms with Gasteiger partial charge in [0.1, 0.15) is 4.90 Å². The highest BCUT2D eigenvalue weighted by Crippen LogP contribution is 2.14. The lowest BCUT2D eigenvalue weighted by atomic mass is 10.1. The second-order valence-electron chi connectivity index (χ2n) is 8.68. The lowest BCUT2D eigenvalue weighted by Gasteiger charge is -2.18. The van der Waals surface area contributed by atoms with Gasteiger partial charge >= 0.3 is 0 Å². The Labute approximate surface area is 178 Å². The SMILES string of the molecule is CC(C)(C)[N+]([O-])=Cc1ccccc1.CC(C)(C)[N+]([O-])=Cc1ccccc1S(=O)(=O)O. The summed E-state index contributed by atoms with van der Waals surface area (Å²) in [7, 11) is -4.32. The average Bonchev–Trinajstić information content (AvgIpc) is 2.61. The van der Waals surface area contributed by atoms with E-state index in [4.69, 9.17) is 4.55 Å². The molecule has 164 valence electrons. The fraction of sp³-hybridized carbons (Fsp3) is 0.364. The summed E-state index contributed by atoms with van der Waals surface area (Å²) in [6, 6.07) is 15.4. The summed E-state index contributed by atoms with van der Waals surface area (Å²) in [6.07, 6.45) is 2.77. The van der Waals surface area contributed by atoms with Crippen molar-refractivity contribution in [3.05, 3.63) is 76.1 Å². The van der Waals surface area contributed by atoms with Crippen molar-refractivity contribution in [2.45, 2.75) is 57.5 Å². The molecule has 0 saturated heterocycles. The smallest absolute Gasteiger partial charge is 0.295 e. The molecule has 0 fully saturated rings. The van der Waals surface area contributed by atoms with E-state index in [-0.39, 0.29) is 16.0 Å². The number of nitrogens with zero attached hydrogens (tertiary/aromatic N) is 2. The summed E-state index contributed by atoms with van der Waals surface area (Å²) in [5.41, 5.74) is 0.0645. The summed E-state index contributed by atoms with van der Waals surface area (Å²) in [6.45, 7) is 10.8. The van der Waals surface area contributed by atoms with Gasteiger partial charge in [0.2, 0.25) is 0 Å². The van der Waals surface area contributed by atoms with Gasteiger partial charge in [-0.3, -0.25) is 4.55 Å². The molecule has 0 heterocycles. The molecule has 7 nitrogen and oxygen atoms in total. The summed E-state index contributed by atoms with van der Waals surface area (Å²) in [5, 5.41) is 23.2. The summed E-state index contributed by atoms with van der Waals surface area (Å²) in [4.78, 5) is -0.273. The van der Waals surface area contributed by atoms with Gasteiger partial charge in [-0.2, -0.15) is 8.42 Å². The van der Waals surface area contributed by atoms with Gasteiger partial charge in [0.05, 0.1) is 5.56 Å². The Bertz CT molecular complexity index is 1000. The normalized spacial score (nSPS) is 13.4. The maximum Gasteiger partial charge on any atom is 0.295 e. The van der Waals surface area contributed by atoms with Crippen molar-refractivity contribution < 1.29 is 22.4 Å². The van der Waals surface area contributed by atoms with Gasteiger partial charge in [0.25, 0.3) is 10.1 Å². The van der Waals surface area contributed by atoms with Crippen LogP contribution in [0.3, 0.4) is 0 Å². The van der Waals surface area contributed by atoms with Crippen LogP contribution in [-0.4, -0.2) is 46.0 Å². The molecule has 0 atom stereocenters. The van der Waals surface area contributed by atoms with Crippen molar-refractivity contribution in [1.29, 1.82) is 0 Å². The molecular weight excluding hydrogens is 404 g/mol. The van der Waals surface area contributed by atoms with E-state index in [1.807, 2.05) is 51.1 Å². The van der Waals surface area contributed by atoms with E-state index in [1.54, 1.807) is 33.1 Å². The molecule has 0 bridgehead atoms. The molecule has 2 aromatic rings. The Morgan fingerprint density at radius 2 is 1.20 bits per heavy atom. The molecule has 0 aromatic heterocycles. The summed E-state index contributed by atoms with van der Waals surface area (Å²) < 4.78 is 32.8. The van der Waals surface area contributed by atoms with E-state index in [1.165, 1.54) is 18.2 Å². The van der Waals surface area contributed by atoms with Crippen LogP contribution in [0.1, 0.15) is 52.7 Å². The van der Waals surface area contributed by atoms with Crippen LogP contribution in [0.4, 0.5) is 0 Å². The van der Waals surface area contributed by atoms with Crippen LogP contribution < -0.4 is 0 Å². The minimum atomic E-state index is -4.32. The average molecular weight is 435 g/mol. The predicted octanol–water partition coefficient (Wildman–Crippen LogP) is 4.08. The Hall–Kier alpha value is -2.71. The summed E-state index contributed by atoms with van der Waals surface area (Å²) >= 11 is 0. The number of hydrogen-bond donors (Lipinski definition) is 1. The fourth-order valence-electron chi connectivity index (χ4n) is 2.01. The van der Waals surface area contributed by atoms with Gasteiger partial charge in [-0.1, -0.05) is 30.3 Å². The van der Waals surface area contributed by atoms with Crippen LogP contribution >= 0.6 is 0 Å². The molecule has 1 N–H and O–H groups in total. The highest BCUT2D eigenvalue weighted by atomic mass is 32.2. The minimum Gasteiger partial charge on any atom is -0.623 e. The first-order valence-corrected chi connectivity index (χ1v) is 10.8. The maximum atomic E-state index is 11.7. The van der Waals surface area contributed by atoms with Crippen molar-refractivity contribution in [2.75, 3.05) is 0 Å². The zero-order chi connectivity index (χ0) is 23.2. The second-order valence-corrected chi connectivity index (χ2v) is 10.1. The molecule has 0 radical (unpaired) electrons. The zero-order valence-electron chi connectivity index (χ0n) is 18.2. The van der Waals surface area contributed by atoms with E-state index in [0.29, 0.717) is 4.74 Å². The van der Waals surface area contributed by atoms with Gasteiger partial charge in [-0.15, -0.1) is 0 Å². The molecule has 0 saturated carbocycles. The van der Waals surface area contributed by atoms with Crippen molar-refractivity contribution >= 4 is 22.5 Å². The van der Waals surface area contributed by atoms with Crippen molar-refractivity contribution in [3.63, 3.8) is 0 Å². The van der Waals surface area contributed by atoms with Crippen molar-refractivity contribution in [2.24, 2.45) is 0 Å². The quantitative estimate of drug-likeness (QED) is 0.258. The van der Waals surface area contributed by atoms with Crippen LogP contribution in [0.2, 0.25) is 0 Å². The van der Waals surface area contributed by atoms with E-state index >= 15 is 0 Å². The van der Waals surface area contributed by atoms with Gasteiger partial charge in [0, 0.05) is 47.1 Å². The van der Waals surface area contributed by atoms with E-state index in [2.05, 4.69) is 0 Å². The Morgan fingerprint density at radius 3 is 1.67 bits per heavy atom. The molecular formula is C22H30N2O5S. The number of rotatable bonds is 3. The van der Waals surface area contributed by atoms with Crippen LogP contribution in [0, 0.1) is 10.4 Å². The fourth-order valence-corrected chi connectivity index (χ4v) is 2.68. The van der Waals surface area contributed by atoms with Crippen LogP contribution in [0.15, 0.2) is 59.5 Å². The molecule has 0 aliphatic rings. The third-order valence-electron chi connectivity index (χ3n) is 3.84. The molecule has 0 spiro atoms.